The molecule has 0 radical (unpaired) electrons. The van der Waals surface area contributed by atoms with Crippen molar-refractivity contribution in [2.24, 2.45) is 0 Å². The van der Waals surface area contributed by atoms with E-state index in [0.29, 0.717) is 6.67 Å². The molecule has 12 rings (SSSR count). The highest BCUT2D eigenvalue weighted by molar-refractivity contribution is 6.24. The first kappa shape index (κ1) is 56.4. The van der Waals surface area contributed by atoms with Crippen LogP contribution in [0, 0.1) is 0 Å². The summed E-state index contributed by atoms with van der Waals surface area (Å²) in [4.78, 5) is 10.2. The zero-order valence-corrected chi connectivity index (χ0v) is 53.0. The molecule has 0 atom stereocenters. The second kappa shape index (κ2) is 19.8. The fourth-order valence-corrected chi connectivity index (χ4v) is 12.6. The molecule has 8 aromatic carbocycles. The molecule has 6 nitrogen and oxygen atoms in total. The first-order chi connectivity index (χ1) is 39.4. The Balaban J connectivity index is 1.04. The quantitative estimate of drug-likeness (QED) is 0.159. The lowest BCUT2D eigenvalue weighted by molar-refractivity contribution is 0.483. The van der Waals surface area contributed by atoms with E-state index in [1.165, 1.54) is 61.3 Å². The number of nitrogens with zero attached hydrogens (tertiary/aromatic N) is 4. The summed E-state index contributed by atoms with van der Waals surface area (Å²) in [5, 5.41) is 4.39. The van der Waals surface area contributed by atoms with Crippen molar-refractivity contribution in [3.8, 4) is 39.6 Å². The smallest absolute Gasteiger partial charge is 0.137 e. The number of ether oxygens (including phenoxy) is 1. The van der Waals surface area contributed by atoms with Crippen molar-refractivity contribution in [2.75, 3.05) is 16.5 Å². The highest BCUT2D eigenvalue weighted by Gasteiger charge is 2.36. The van der Waals surface area contributed by atoms with Crippen molar-refractivity contribution in [3.63, 3.8) is 0 Å². The van der Waals surface area contributed by atoms with Crippen LogP contribution < -0.4 is 14.5 Å². The van der Waals surface area contributed by atoms with Crippen LogP contribution in [0.2, 0.25) is 0 Å². The van der Waals surface area contributed by atoms with Gasteiger partial charge >= 0.3 is 0 Å². The largest absolute Gasteiger partial charge is 0.457 e. The number of aromatic nitrogens is 2. The fourth-order valence-electron chi connectivity index (χ4n) is 12.6. The molecule has 0 fully saturated rings. The van der Waals surface area contributed by atoms with E-state index >= 15 is 0 Å². The molecule has 0 unspecified atom stereocenters. The predicted molar refractivity (Wildman–Crippen MR) is 357 cm³/mol. The minimum atomic E-state index is -0.152. The van der Waals surface area contributed by atoms with E-state index in [1.807, 2.05) is 12.3 Å². The number of pyridine rings is 1. The van der Waals surface area contributed by atoms with E-state index in [4.69, 9.17) is 14.1 Å². The monoisotopic (exact) mass is 1110 g/mol. The van der Waals surface area contributed by atoms with Gasteiger partial charge in [-0.1, -0.05) is 197 Å². The minimum Gasteiger partial charge on any atom is -0.457 e. The molecule has 1 aliphatic rings. The Morgan fingerprint density at radius 2 is 0.940 bits per heavy atom. The van der Waals surface area contributed by atoms with Crippen molar-refractivity contribution in [3.05, 3.63) is 203 Å². The van der Waals surface area contributed by atoms with Gasteiger partial charge in [0.1, 0.15) is 35.2 Å². The van der Waals surface area contributed by atoms with Crippen molar-refractivity contribution in [2.45, 2.75) is 157 Å². The van der Waals surface area contributed by atoms with Gasteiger partial charge in [-0.25, -0.2) is 4.98 Å². The Morgan fingerprint density at radius 3 is 1.54 bits per heavy atom. The standard InChI is InChI=1S/C78H84N4O2/c1-73(2,3)48-30-35-62(77(13,14)15)58(40-48)60-42-51(76(10,11)12)43-61(59-41-49(74(4,5)6)31-36-63(59)78(16,17)18)71(60)81-47-80(64-27-20-21-28-65(64)81)52-24-23-25-53(45-52)83-54-32-33-55-56-34-37-68-70(57-26-19-22-29-67(57)84-68)72(56)82(66(55)46-54)69-44-50(38-39-79-69)75(7,8)9/h19-46H,47H2,1-18H3. The Hall–Kier alpha value is -8.09. The van der Waals surface area contributed by atoms with Gasteiger partial charge in [-0.15, -0.1) is 0 Å². The van der Waals surface area contributed by atoms with Crippen molar-refractivity contribution in [1.29, 1.82) is 0 Å². The molecular formula is C78H84N4O2. The van der Waals surface area contributed by atoms with Gasteiger partial charge in [0.15, 0.2) is 0 Å². The molecule has 11 aromatic rings. The molecule has 0 aliphatic carbocycles. The second-order valence-corrected chi connectivity index (χ2v) is 29.9. The predicted octanol–water partition coefficient (Wildman–Crippen LogP) is 22.2. The van der Waals surface area contributed by atoms with Gasteiger partial charge in [0.05, 0.1) is 33.5 Å². The first-order valence-electron chi connectivity index (χ1n) is 30.2. The fraction of sp³-hybridized carbons (Fsp3) is 0.321. The van der Waals surface area contributed by atoms with Gasteiger partial charge in [-0.3, -0.25) is 4.57 Å². The molecular weight excluding hydrogens is 1020 g/mol. The summed E-state index contributed by atoms with van der Waals surface area (Å²) < 4.78 is 15.9. The SMILES string of the molecule is CC(C)(C)c1ccnc(-n2c3cc(Oc4cccc(N5CN(c6c(-c7cc(C(C)(C)C)ccc7C(C)(C)C)cc(C(C)(C)C)cc6-c6cc(C(C)(C)C)ccc6C(C)(C)C)c6ccccc65)c4)ccc3c3ccc4oc5ccccc5c4c32)c1. The Labute approximate surface area is 499 Å². The maximum absolute atomic E-state index is 7.07. The summed E-state index contributed by atoms with van der Waals surface area (Å²) in [5.41, 5.74) is 20.6. The van der Waals surface area contributed by atoms with E-state index < -0.39 is 0 Å². The van der Waals surface area contributed by atoms with Crippen LogP contribution in [0.5, 0.6) is 11.5 Å². The van der Waals surface area contributed by atoms with Gasteiger partial charge < -0.3 is 19.0 Å². The molecule has 0 saturated carbocycles. The number of rotatable bonds is 7. The average Bonchev–Trinajstić information content (AvgIpc) is 1.94. The van der Waals surface area contributed by atoms with Crippen LogP contribution in [-0.4, -0.2) is 16.2 Å². The number of anilines is 4. The number of hydrogen-bond acceptors (Lipinski definition) is 5. The molecule has 3 aromatic heterocycles. The number of para-hydroxylation sites is 3. The van der Waals surface area contributed by atoms with Gasteiger partial charge in [-0.2, -0.15) is 0 Å². The van der Waals surface area contributed by atoms with Gasteiger partial charge in [0, 0.05) is 51.3 Å². The number of benzene rings is 8. The molecule has 84 heavy (non-hydrogen) atoms. The third-order valence-electron chi connectivity index (χ3n) is 17.4. The van der Waals surface area contributed by atoms with E-state index in [1.54, 1.807) is 0 Å². The second-order valence-electron chi connectivity index (χ2n) is 29.9. The lowest BCUT2D eigenvalue weighted by Crippen LogP contribution is -2.26. The van der Waals surface area contributed by atoms with Crippen molar-refractivity contribution >= 4 is 66.5 Å². The van der Waals surface area contributed by atoms with Gasteiger partial charge in [0.25, 0.3) is 0 Å². The topological polar surface area (TPSA) is 46.7 Å². The lowest BCUT2D eigenvalue weighted by Gasteiger charge is -2.34. The molecule has 6 heteroatoms. The zero-order valence-electron chi connectivity index (χ0n) is 53.0. The van der Waals surface area contributed by atoms with Gasteiger partial charge in [-0.05, 0) is 156 Å². The molecule has 4 heterocycles. The van der Waals surface area contributed by atoms with Crippen LogP contribution >= 0.6 is 0 Å². The van der Waals surface area contributed by atoms with Crippen LogP contribution in [-0.2, 0) is 32.5 Å². The third kappa shape index (κ3) is 10.0. The van der Waals surface area contributed by atoms with E-state index in [9.17, 15) is 0 Å². The number of furan rings is 1. The summed E-state index contributed by atoms with van der Waals surface area (Å²) in [6.07, 6.45) is 1.94. The van der Waals surface area contributed by atoms with Crippen molar-refractivity contribution < 1.29 is 9.15 Å². The first-order valence-corrected chi connectivity index (χ1v) is 30.2. The summed E-state index contributed by atoms with van der Waals surface area (Å²) in [7, 11) is 0. The zero-order chi connectivity index (χ0) is 59.8. The molecule has 0 bridgehead atoms. The normalized spacial score (nSPS) is 13.7. The molecule has 1 aliphatic heterocycles. The third-order valence-corrected chi connectivity index (χ3v) is 17.4. The molecule has 428 valence electrons. The Morgan fingerprint density at radius 1 is 0.405 bits per heavy atom. The van der Waals surface area contributed by atoms with Crippen molar-refractivity contribution in [1.82, 2.24) is 9.55 Å². The summed E-state index contributed by atoms with van der Waals surface area (Å²) in [6, 6.07) is 60.7. The highest BCUT2D eigenvalue weighted by Crippen LogP contribution is 2.55. The number of hydrogen-bond donors (Lipinski definition) is 0. The van der Waals surface area contributed by atoms with Crippen LogP contribution in [0.15, 0.2) is 174 Å². The van der Waals surface area contributed by atoms with Gasteiger partial charge in [0.2, 0.25) is 0 Å². The van der Waals surface area contributed by atoms with Crippen LogP contribution in [0.1, 0.15) is 158 Å². The highest BCUT2D eigenvalue weighted by atomic mass is 16.5. The minimum absolute atomic E-state index is 0.0673. The Kier molecular flexibility index (Phi) is 13.3. The van der Waals surface area contributed by atoms with Crippen LogP contribution in [0.25, 0.3) is 71.8 Å². The molecule has 0 N–H and O–H groups in total. The maximum Gasteiger partial charge on any atom is 0.137 e. The van der Waals surface area contributed by atoms with E-state index in [2.05, 4.69) is 297 Å². The average molecular weight is 1110 g/mol. The summed E-state index contributed by atoms with van der Waals surface area (Å²) in [5.74, 6) is 2.34. The van der Waals surface area contributed by atoms with Crippen LogP contribution in [0.4, 0.5) is 22.7 Å². The Bertz CT molecular complexity index is 4290. The number of fused-ring (bicyclic) bond motifs is 8. The van der Waals surface area contributed by atoms with Crippen LogP contribution in [0.3, 0.4) is 0 Å². The molecule has 0 saturated heterocycles. The van der Waals surface area contributed by atoms with E-state index in [-0.39, 0.29) is 32.5 Å². The molecule has 0 amide bonds. The van der Waals surface area contributed by atoms with E-state index in [0.717, 1.165) is 78.1 Å². The summed E-state index contributed by atoms with van der Waals surface area (Å²) >= 11 is 0. The summed E-state index contributed by atoms with van der Waals surface area (Å²) in [6.45, 7) is 42.6. The lowest BCUT2D eigenvalue weighted by atomic mass is 9.74. The molecule has 0 spiro atoms. The maximum atomic E-state index is 7.07.